The first-order valence-electron chi connectivity index (χ1n) is 10.9. The molecule has 0 unspecified atom stereocenters. The van der Waals surface area contributed by atoms with Gasteiger partial charge in [0.25, 0.3) is 0 Å². The average Bonchev–Trinajstić information content (AvgIpc) is 3.40. The Labute approximate surface area is 197 Å². The van der Waals surface area contributed by atoms with Gasteiger partial charge in [0, 0.05) is 5.39 Å². The second-order valence-corrected chi connectivity index (χ2v) is 7.86. The molecule has 0 bridgehead atoms. The van der Waals surface area contributed by atoms with E-state index >= 15 is 0 Å². The van der Waals surface area contributed by atoms with E-state index in [4.69, 9.17) is 9.47 Å². The maximum absolute atomic E-state index is 6.06. The maximum atomic E-state index is 6.06. The van der Waals surface area contributed by atoms with Crippen LogP contribution in [0.2, 0.25) is 0 Å². The van der Waals surface area contributed by atoms with Gasteiger partial charge in [-0.25, -0.2) is 10.1 Å². The molecule has 0 saturated carbocycles. The molecular weight excluding hydrogens is 426 g/mol. The van der Waals surface area contributed by atoms with Crippen LogP contribution in [-0.4, -0.2) is 25.6 Å². The first-order valence-corrected chi connectivity index (χ1v) is 10.9. The molecule has 0 aliphatic carbocycles. The van der Waals surface area contributed by atoms with Gasteiger partial charge >= 0.3 is 0 Å². The van der Waals surface area contributed by atoms with E-state index in [1.807, 2.05) is 79.7 Å². The fourth-order valence-electron chi connectivity index (χ4n) is 3.58. The lowest BCUT2D eigenvalue weighted by molar-refractivity contribution is 0.292. The highest BCUT2D eigenvalue weighted by Gasteiger charge is 2.04. The fourth-order valence-corrected chi connectivity index (χ4v) is 3.58. The molecule has 34 heavy (non-hydrogen) atoms. The summed E-state index contributed by atoms with van der Waals surface area (Å²) in [6, 6.07) is 26.1. The average molecular weight is 450 g/mol. The Hall–Kier alpha value is -4.52. The molecule has 1 N–H and O–H groups in total. The number of fused-ring (bicyclic) bond motifs is 1. The number of aromatic nitrogens is 5. The molecule has 0 fully saturated rings. The van der Waals surface area contributed by atoms with E-state index in [1.54, 1.807) is 0 Å². The van der Waals surface area contributed by atoms with Crippen LogP contribution in [0.4, 0.5) is 0 Å². The van der Waals surface area contributed by atoms with Gasteiger partial charge in [-0.05, 0) is 76.5 Å². The molecule has 0 spiro atoms. The number of hydrogen-bond donors (Lipinski definition) is 1. The van der Waals surface area contributed by atoms with E-state index in [1.165, 1.54) is 0 Å². The van der Waals surface area contributed by atoms with Crippen LogP contribution >= 0.6 is 0 Å². The molecule has 3 aromatic carbocycles. The van der Waals surface area contributed by atoms with Crippen molar-refractivity contribution in [1.82, 2.24) is 25.6 Å². The summed E-state index contributed by atoms with van der Waals surface area (Å²) in [4.78, 5) is 4.67. The molecule has 2 aromatic heterocycles. The monoisotopic (exact) mass is 449 g/mol. The molecule has 0 radical (unpaired) electrons. The largest absolute Gasteiger partial charge is 0.489 e. The number of nitrogens with one attached hydrogen (secondary N) is 1. The number of benzene rings is 3. The quantitative estimate of drug-likeness (QED) is 0.342. The summed E-state index contributed by atoms with van der Waals surface area (Å²) in [6.45, 7) is 2.89. The van der Waals surface area contributed by atoms with Crippen molar-refractivity contribution in [1.29, 1.82) is 0 Å². The van der Waals surface area contributed by atoms with Crippen LogP contribution in [0.3, 0.4) is 0 Å². The number of aryl methyl sites for hydroxylation is 1. The maximum Gasteiger partial charge on any atom is 0.172 e. The predicted molar refractivity (Wildman–Crippen MR) is 131 cm³/mol. The standard InChI is InChI=1S/C27H23N5O2/c1-19-15-20(10-14-27-29-31-32-30-27)9-13-26(19)34-17-21-5-4-7-24(16-21)33-18-23-12-11-22-6-2-3-8-25(22)28-23/h2-16H,17-18H2,1H3,(H,29,30,31,32). The van der Waals surface area contributed by atoms with Crippen LogP contribution in [0.25, 0.3) is 23.1 Å². The minimum Gasteiger partial charge on any atom is -0.489 e. The van der Waals surface area contributed by atoms with E-state index in [2.05, 4.69) is 43.8 Å². The predicted octanol–water partition coefficient (Wildman–Crippen LogP) is 5.38. The lowest BCUT2D eigenvalue weighted by Crippen LogP contribution is -2.00. The first-order chi connectivity index (χ1) is 16.7. The van der Waals surface area contributed by atoms with E-state index in [0.717, 1.165) is 44.8 Å². The Kier molecular flexibility index (Phi) is 6.25. The summed E-state index contributed by atoms with van der Waals surface area (Å²) in [6.07, 6.45) is 3.78. The van der Waals surface area contributed by atoms with Crippen molar-refractivity contribution in [2.24, 2.45) is 0 Å². The molecule has 5 rings (SSSR count). The zero-order valence-corrected chi connectivity index (χ0v) is 18.7. The van der Waals surface area contributed by atoms with E-state index < -0.39 is 0 Å². The highest BCUT2D eigenvalue weighted by Crippen LogP contribution is 2.23. The molecule has 7 nitrogen and oxygen atoms in total. The number of H-pyrrole nitrogens is 1. The minimum absolute atomic E-state index is 0.410. The highest BCUT2D eigenvalue weighted by molar-refractivity contribution is 5.78. The van der Waals surface area contributed by atoms with Crippen LogP contribution in [0.5, 0.6) is 11.5 Å². The van der Waals surface area contributed by atoms with Gasteiger partial charge in [0.15, 0.2) is 5.82 Å². The zero-order chi connectivity index (χ0) is 23.2. The van der Waals surface area contributed by atoms with Crippen LogP contribution in [0, 0.1) is 6.92 Å². The molecule has 168 valence electrons. The number of tetrazole rings is 1. The third kappa shape index (κ3) is 5.27. The van der Waals surface area contributed by atoms with Gasteiger partial charge in [-0.2, -0.15) is 0 Å². The number of hydrogen-bond acceptors (Lipinski definition) is 6. The summed E-state index contributed by atoms with van der Waals surface area (Å²) in [7, 11) is 0. The summed E-state index contributed by atoms with van der Waals surface area (Å²) in [5.41, 5.74) is 4.99. The molecular formula is C27H23N5O2. The molecule has 0 aliphatic rings. The van der Waals surface area contributed by atoms with Crippen LogP contribution in [0.15, 0.2) is 78.9 Å². The lowest BCUT2D eigenvalue weighted by atomic mass is 10.1. The van der Waals surface area contributed by atoms with Gasteiger partial charge in [-0.3, -0.25) is 0 Å². The van der Waals surface area contributed by atoms with Crippen LogP contribution in [0.1, 0.15) is 28.2 Å². The smallest absolute Gasteiger partial charge is 0.172 e. The second kappa shape index (κ2) is 9.95. The Balaban J connectivity index is 1.19. The van der Waals surface area contributed by atoms with Crippen molar-refractivity contribution in [3.8, 4) is 11.5 Å². The van der Waals surface area contributed by atoms with Gasteiger partial charge < -0.3 is 9.47 Å². The number of aromatic amines is 1. The summed E-state index contributed by atoms with van der Waals surface area (Å²) >= 11 is 0. The van der Waals surface area contributed by atoms with E-state index in [0.29, 0.717) is 19.0 Å². The van der Waals surface area contributed by atoms with E-state index in [-0.39, 0.29) is 0 Å². The summed E-state index contributed by atoms with van der Waals surface area (Å²) in [5.74, 6) is 2.23. The third-order valence-electron chi connectivity index (χ3n) is 5.33. The SMILES string of the molecule is Cc1cc(C=Cc2nnn[nH]2)ccc1OCc1cccc(OCc2ccc3ccccc3n2)c1. The number of rotatable bonds is 8. The number of pyridine rings is 1. The van der Waals surface area contributed by atoms with Crippen molar-refractivity contribution in [2.45, 2.75) is 20.1 Å². The minimum atomic E-state index is 0.410. The van der Waals surface area contributed by atoms with Gasteiger partial charge in [-0.15, -0.1) is 5.10 Å². The Morgan fingerprint density at radius 3 is 2.68 bits per heavy atom. The Bertz CT molecular complexity index is 1430. The molecule has 0 saturated heterocycles. The highest BCUT2D eigenvalue weighted by atomic mass is 16.5. The van der Waals surface area contributed by atoms with Crippen molar-refractivity contribution in [3.63, 3.8) is 0 Å². The Morgan fingerprint density at radius 1 is 0.853 bits per heavy atom. The molecule has 7 heteroatoms. The normalized spacial score (nSPS) is 11.2. The topological polar surface area (TPSA) is 85.8 Å². The fraction of sp³-hybridized carbons (Fsp3) is 0.111. The summed E-state index contributed by atoms with van der Waals surface area (Å²) < 4.78 is 12.1. The van der Waals surface area contributed by atoms with Crippen LogP contribution in [-0.2, 0) is 13.2 Å². The molecule has 5 aromatic rings. The molecule has 0 atom stereocenters. The molecule has 2 heterocycles. The van der Waals surface area contributed by atoms with Gasteiger partial charge in [-0.1, -0.05) is 48.5 Å². The zero-order valence-electron chi connectivity index (χ0n) is 18.7. The number of nitrogens with zero attached hydrogens (tertiary/aromatic N) is 4. The van der Waals surface area contributed by atoms with Crippen molar-refractivity contribution in [3.05, 3.63) is 107 Å². The third-order valence-corrected chi connectivity index (χ3v) is 5.33. The number of para-hydroxylation sites is 1. The van der Waals surface area contributed by atoms with Gasteiger partial charge in [0.05, 0.1) is 11.2 Å². The van der Waals surface area contributed by atoms with Gasteiger partial charge in [0.1, 0.15) is 24.7 Å². The molecule has 0 amide bonds. The van der Waals surface area contributed by atoms with Crippen LogP contribution < -0.4 is 9.47 Å². The van der Waals surface area contributed by atoms with Crippen molar-refractivity contribution in [2.75, 3.05) is 0 Å². The van der Waals surface area contributed by atoms with Crippen molar-refractivity contribution < 1.29 is 9.47 Å². The second-order valence-electron chi connectivity index (χ2n) is 7.86. The summed E-state index contributed by atoms with van der Waals surface area (Å²) in [5, 5.41) is 14.8. The first kappa shape index (κ1) is 21.3. The number of ether oxygens (including phenoxy) is 2. The Morgan fingerprint density at radius 2 is 1.79 bits per heavy atom. The van der Waals surface area contributed by atoms with E-state index in [9.17, 15) is 0 Å². The lowest BCUT2D eigenvalue weighted by Gasteiger charge is -2.11. The van der Waals surface area contributed by atoms with Gasteiger partial charge in [0.2, 0.25) is 0 Å². The molecule has 0 aliphatic heterocycles. The van der Waals surface area contributed by atoms with Crippen molar-refractivity contribution >= 4 is 23.1 Å².